The quantitative estimate of drug-likeness (QED) is 0.886. The van der Waals surface area contributed by atoms with Gasteiger partial charge in [0.15, 0.2) is 5.82 Å². The number of carbonyl (C=O) groups excluding carboxylic acids is 1. The third-order valence-corrected chi connectivity index (χ3v) is 2.86. The number of nitrogens with zero attached hydrogens (tertiary/aromatic N) is 2. The topological polar surface area (TPSA) is 90.8 Å². The Bertz CT molecular complexity index is 670. The van der Waals surface area contributed by atoms with Gasteiger partial charge in [-0.15, -0.1) is 0 Å². The molecule has 0 unspecified atom stereocenters. The summed E-state index contributed by atoms with van der Waals surface area (Å²) in [5, 5.41) is 18.2. The molecule has 0 fully saturated rings. The van der Waals surface area contributed by atoms with E-state index < -0.39 is 0 Å². The van der Waals surface area contributed by atoms with Crippen LogP contribution < -0.4 is 10.1 Å². The molecule has 0 aliphatic carbocycles. The van der Waals surface area contributed by atoms with E-state index >= 15 is 0 Å². The van der Waals surface area contributed by atoms with E-state index in [-0.39, 0.29) is 18.1 Å². The number of nitriles is 1. The number of methoxy groups -OCH3 is 1. The molecular weight excluding hydrogens is 256 g/mol. The molecule has 0 bridgehead atoms. The minimum Gasteiger partial charge on any atom is -0.496 e. The number of hydrogen-bond acceptors (Lipinski definition) is 4. The molecule has 0 spiro atoms. The first kappa shape index (κ1) is 13.6. The summed E-state index contributed by atoms with van der Waals surface area (Å²) >= 11 is 0. The molecule has 1 aromatic heterocycles. The zero-order valence-corrected chi connectivity index (χ0v) is 11.2. The zero-order valence-electron chi connectivity index (χ0n) is 11.2. The second-order valence-electron chi connectivity index (χ2n) is 4.22. The number of benzene rings is 1. The molecule has 2 aromatic rings. The average Bonchev–Trinajstić information content (AvgIpc) is 2.79. The number of ether oxygens (including phenoxy) is 1. The zero-order chi connectivity index (χ0) is 14.5. The summed E-state index contributed by atoms with van der Waals surface area (Å²) < 4.78 is 5.19. The highest BCUT2D eigenvalue weighted by atomic mass is 16.5. The van der Waals surface area contributed by atoms with Crippen LogP contribution in [0.1, 0.15) is 16.8 Å². The Morgan fingerprint density at radius 2 is 2.25 bits per heavy atom. The van der Waals surface area contributed by atoms with Gasteiger partial charge in [-0.3, -0.25) is 9.89 Å². The fourth-order valence-electron chi connectivity index (χ4n) is 1.85. The number of aromatic amines is 1. The van der Waals surface area contributed by atoms with Gasteiger partial charge >= 0.3 is 0 Å². The number of rotatable bonds is 4. The number of anilines is 1. The lowest BCUT2D eigenvalue weighted by molar-refractivity contribution is -0.115. The Balaban J connectivity index is 2.12. The van der Waals surface area contributed by atoms with Crippen molar-refractivity contribution in [3.8, 4) is 11.8 Å². The SMILES string of the molecule is COc1ccccc1CC(=O)Nc1n[nH]c(C)c1C#N. The molecule has 0 radical (unpaired) electrons. The molecule has 1 amide bonds. The van der Waals surface area contributed by atoms with Crippen molar-refractivity contribution < 1.29 is 9.53 Å². The lowest BCUT2D eigenvalue weighted by atomic mass is 10.1. The van der Waals surface area contributed by atoms with Crippen LogP contribution in [-0.4, -0.2) is 23.2 Å². The molecule has 0 aliphatic heterocycles. The third-order valence-electron chi connectivity index (χ3n) is 2.86. The molecule has 2 rings (SSSR count). The van der Waals surface area contributed by atoms with Crippen molar-refractivity contribution in [2.24, 2.45) is 0 Å². The molecule has 1 aromatic carbocycles. The van der Waals surface area contributed by atoms with Crippen molar-refractivity contribution in [1.82, 2.24) is 10.2 Å². The average molecular weight is 270 g/mol. The summed E-state index contributed by atoms with van der Waals surface area (Å²) in [7, 11) is 1.56. The van der Waals surface area contributed by atoms with Crippen LogP contribution in [0.5, 0.6) is 5.75 Å². The molecular formula is C14H14N4O2. The lowest BCUT2D eigenvalue weighted by Crippen LogP contribution is -2.16. The van der Waals surface area contributed by atoms with Crippen molar-refractivity contribution in [3.05, 3.63) is 41.1 Å². The maximum atomic E-state index is 12.0. The minimum atomic E-state index is -0.252. The number of H-pyrrole nitrogens is 1. The van der Waals surface area contributed by atoms with Crippen molar-refractivity contribution in [2.75, 3.05) is 12.4 Å². The van der Waals surface area contributed by atoms with Crippen molar-refractivity contribution in [2.45, 2.75) is 13.3 Å². The largest absolute Gasteiger partial charge is 0.496 e. The molecule has 2 N–H and O–H groups in total. The van der Waals surface area contributed by atoms with Gasteiger partial charge in [0.2, 0.25) is 5.91 Å². The highest BCUT2D eigenvalue weighted by Gasteiger charge is 2.14. The summed E-state index contributed by atoms with van der Waals surface area (Å²) in [5.74, 6) is 0.656. The summed E-state index contributed by atoms with van der Waals surface area (Å²) in [6, 6.07) is 9.29. The monoisotopic (exact) mass is 270 g/mol. The maximum Gasteiger partial charge on any atom is 0.230 e. The molecule has 0 saturated carbocycles. The second kappa shape index (κ2) is 5.89. The van der Waals surface area contributed by atoms with Crippen LogP contribution in [0.15, 0.2) is 24.3 Å². The predicted molar refractivity (Wildman–Crippen MR) is 73.4 cm³/mol. The number of hydrogen-bond donors (Lipinski definition) is 2. The Morgan fingerprint density at radius 3 is 2.95 bits per heavy atom. The van der Waals surface area contributed by atoms with Gasteiger partial charge in [0, 0.05) is 5.56 Å². The van der Waals surface area contributed by atoms with Crippen LogP contribution in [-0.2, 0) is 11.2 Å². The van der Waals surface area contributed by atoms with Crippen LogP contribution in [0.3, 0.4) is 0 Å². The van der Waals surface area contributed by atoms with Gasteiger partial charge in [-0.25, -0.2) is 0 Å². The number of para-hydroxylation sites is 1. The molecule has 20 heavy (non-hydrogen) atoms. The first-order valence-corrected chi connectivity index (χ1v) is 6.02. The number of aryl methyl sites for hydroxylation is 1. The maximum absolute atomic E-state index is 12.0. The summed E-state index contributed by atoms with van der Waals surface area (Å²) in [6.45, 7) is 1.72. The van der Waals surface area contributed by atoms with Gasteiger partial charge in [0.1, 0.15) is 17.4 Å². The minimum absolute atomic E-state index is 0.154. The van der Waals surface area contributed by atoms with Crippen LogP contribution in [0.4, 0.5) is 5.82 Å². The molecule has 6 nitrogen and oxygen atoms in total. The van der Waals surface area contributed by atoms with E-state index in [2.05, 4.69) is 15.5 Å². The standard InChI is InChI=1S/C14H14N4O2/c1-9-11(8-15)14(18-17-9)16-13(19)7-10-5-3-4-6-12(10)20-2/h3-6H,7H2,1-2H3,(H2,16,17,18,19). The van der Waals surface area contributed by atoms with Crippen molar-refractivity contribution in [3.63, 3.8) is 0 Å². The van der Waals surface area contributed by atoms with Crippen LogP contribution in [0.2, 0.25) is 0 Å². The van der Waals surface area contributed by atoms with Gasteiger partial charge in [0.25, 0.3) is 0 Å². The Kier molecular flexibility index (Phi) is 4.01. The number of amides is 1. The Hall–Kier alpha value is -2.81. The van der Waals surface area contributed by atoms with Crippen molar-refractivity contribution in [1.29, 1.82) is 5.26 Å². The van der Waals surface area contributed by atoms with E-state index in [1.165, 1.54) is 0 Å². The van der Waals surface area contributed by atoms with E-state index in [9.17, 15) is 4.79 Å². The second-order valence-corrected chi connectivity index (χ2v) is 4.22. The normalized spacial score (nSPS) is 9.85. The number of nitrogens with one attached hydrogen (secondary N) is 2. The molecule has 1 heterocycles. The first-order valence-electron chi connectivity index (χ1n) is 6.02. The van der Waals surface area contributed by atoms with Crippen LogP contribution >= 0.6 is 0 Å². The van der Waals surface area contributed by atoms with Gasteiger partial charge in [-0.05, 0) is 13.0 Å². The third kappa shape index (κ3) is 2.78. The lowest BCUT2D eigenvalue weighted by Gasteiger charge is -2.07. The van der Waals surface area contributed by atoms with Gasteiger partial charge in [0.05, 0.1) is 19.2 Å². The molecule has 0 saturated heterocycles. The van der Waals surface area contributed by atoms with E-state index in [0.717, 1.165) is 5.56 Å². The van der Waals surface area contributed by atoms with Gasteiger partial charge in [-0.1, -0.05) is 18.2 Å². The van der Waals surface area contributed by atoms with E-state index in [4.69, 9.17) is 10.00 Å². The van der Waals surface area contributed by atoms with Gasteiger partial charge < -0.3 is 10.1 Å². The smallest absolute Gasteiger partial charge is 0.230 e. The fourth-order valence-corrected chi connectivity index (χ4v) is 1.85. The highest BCUT2D eigenvalue weighted by Crippen LogP contribution is 2.19. The highest BCUT2D eigenvalue weighted by molar-refractivity contribution is 5.93. The number of carbonyl (C=O) groups is 1. The van der Waals surface area contributed by atoms with Gasteiger partial charge in [-0.2, -0.15) is 10.4 Å². The van der Waals surface area contributed by atoms with Crippen molar-refractivity contribution >= 4 is 11.7 Å². The van der Waals surface area contributed by atoms with E-state index in [0.29, 0.717) is 17.0 Å². The molecule has 6 heteroatoms. The summed E-state index contributed by atoms with van der Waals surface area (Å²) in [6.07, 6.45) is 0.154. The van der Waals surface area contributed by atoms with Crippen LogP contribution in [0.25, 0.3) is 0 Å². The Labute approximate surface area is 116 Å². The fraction of sp³-hybridized carbons (Fsp3) is 0.214. The van der Waals surface area contributed by atoms with E-state index in [1.807, 2.05) is 24.3 Å². The molecule has 0 atom stereocenters. The summed E-state index contributed by atoms with van der Waals surface area (Å²) in [5.41, 5.74) is 1.75. The summed E-state index contributed by atoms with van der Waals surface area (Å²) in [4.78, 5) is 12.0. The Morgan fingerprint density at radius 1 is 1.50 bits per heavy atom. The number of aromatic nitrogens is 2. The molecule has 102 valence electrons. The van der Waals surface area contributed by atoms with Crippen LogP contribution in [0, 0.1) is 18.3 Å². The first-order chi connectivity index (χ1) is 9.65. The predicted octanol–water partition coefficient (Wildman–Crippen LogP) is 1.78. The van der Waals surface area contributed by atoms with E-state index in [1.54, 1.807) is 20.1 Å². The molecule has 0 aliphatic rings.